The van der Waals surface area contributed by atoms with E-state index in [0.29, 0.717) is 12.2 Å². The molecule has 1 unspecified atom stereocenters. The minimum Gasteiger partial charge on any atom is -0.389 e. The molecule has 0 saturated heterocycles. The van der Waals surface area contributed by atoms with E-state index in [0.717, 1.165) is 12.2 Å². The highest BCUT2D eigenvalue weighted by Crippen LogP contribution is 2.18. The Morgan fingerprint density at radius 1 is 1.41 bits per heavy atom. The molecule has 96 valence electrons. The van der Waals surface area contributed by atoms with E-state index in [1.54, 1.807) is 27.0 Å². The molecule has 17 heavy (non-hydrogen) atoms. The summed E-state index contributed by atoms with van der Waals surface area (Å²) in [4.78, 5) is 6.26. The summed E-state index contributed by atoms with van der Waals surface area (Å²) < 4.78 is 0. The van der Waals surface area contributed by atoms with E-state index < -0.39 is 11.7 Å². The molecule has 0 bridgehead atoms. The third-order valence-electron chi connectivity index (χ3n) is 2.52. The first kappa shape index (κ1) is 13.9. The van der Waals surface area contributed by atoms with Gasteiger partial charge in [0.1, 0.15) is 0 Å². The highest BCUT2D eigenvalue weighted by atomic mass is 16.3. The average Bonchev–Trinajstić information content (AvgIpc) is 2.25. The van der Waals surface area contributed by atoms with Gasteiger partial charge in [-0.15, -0.1) is 0 Å². The van der Waals surface area contributed by atoms with E-state index in [1.807, 2.05) is 19.1 Å². The fraction of sp³-hybridized carbons (Fsp3) is 0.615. The Hall–Kier alpha value is -1.13. The van der Waals surface area contributed by atoms with Gasteiger partial charge >= 0.3 is 0 Å². The minimum absolute atomic E-state index is 0.548. The second kappa shape index (κ2) is 5.47. The van der Waals surface area contributed by atoms with E-state index in [-0.39, 0.29) is 0 Å². The molecule has 0 aliphatic carbocycles. The number of likely N-dealkylation sites (N-methyl/N-ethyl adjacent to an activating group) is 1. The number of pyridine rings is 1. The van der Waals surface area contributed by atoms with Crippen LogP contribution in [0.3, 0.4) is 0 Å². The zero-order valence-electron chi connectivity index (χ0n) is 11.0. The van der Waals surface area contributed by atoms with Crippen molar-refractivity contribution in [3.8, 4) is 0 Å². The number of hydrogen-bond donors (Lipinski definition) is 2. The van der Waals surface area contributed by atoms with Crippen LogP contribution in [0.4, 0.5) is 5.69 Å². The number of aliphatic hydroxyl groups is 2. The molecule has 1 heterocycles. The normalized spacial score (nSPS) is 13.5. The number of anilines is 1. The summed E-state index contributed by atoms with van der Waals surface area (Å²) >= 11 is 0. The highest BCUT2D eigenvalue weighted by Gasteiger charge is 2.17. The van der Waals surface area contributed by atoms with Crippen LogP contribution in [0.5, 0.6) is 0 Å². The van der Waals surface area contributed by atoms with Crippen molar-refractivity contribution in [1.82, 2.24) is 4.98 Å². The summed E-state index contributed by atoms with van der Waals surface area (Å²) in [6.45, 7) is 8.66. The summed E-state index contributed by atoms with van der Waals surface area (Å²) in [5.74, 6) is 0. The second-order valence-electron chi connectivity index (χ2n) is 4.94. The average molecular weight is 238 g/mol. The van der Waals surface area contributed by atoms with Gasteiger partial charge in [-0.2, -0.15) is 0 Å². The molecule has 0 saturated carbocycles. The molecule has 0 aromatic carbocycles. The van der Waals surface area contributed by atoms with Gasteiger partial charge < -0.3 is 15.1 Å². The van der Waals surface area contributed by atoms with Crippen molar-refractivity contribution in [3.05, 3.63) is 24.0 Å². The lowest BCUT2D eigenvalue weighted by Crippen LogP contribution is -2.38. The van der Waals surface area contributed by atoms with Gasteiger partial charge in [0.05, 0.1) is 29.3 Å². The van der Waals surface area contributed by atoms with Crippen molar-refractivity contribution in [2.24, 2.45) is 0 Å². The van der Waals surface area contributed by atoms with Gasteiger partial charge in [0.25, 0.3) is 0 Å². The molecule has 0 aliphatic heterocycles. The lowest BCUT2D eigenvalue weighted by molar-refractivity contribution is 0.0875. The van der Waals surface area contributed by atoms with E-state index in [2.05, 4.69) is 9.88 Å². The number of aromatic nitrogens is 1. The third-order valence-corrected chi connectivity index (χ3v) is 2.52. The van der Waals surface area contributed by atoms with Crippen molar-refractivity contribution in [2.75, 3.05) is 18.0 Å². The minimum atomic E-state index is -0.737. The zero-order valence-corrected chi connectivity index (χ0v) is 11.0. The Kier molecular flexibility index (Phi) is 4.48. The third kappa shape index (κ3) is 4.32. The molecule has 0 fully saturated rings. The van der Waals surface area contributed by atoms with Crippen molar-refractivity contribution in [3.63, 3.8) is 0 Å². The molecule has 1 aromatic heterocycles. The van der Waals surface area contributed by atoms with Crippen LogP contribution >= 0.6 is 0 Å². The standard InChI is InChI=1S/C13H22N2O2/c1-5-15(9-13(3,4)17)11-6-7-12(10(2)16)14-8-11/h6-8,10,16-17H,5,9H2,1-4H3. The van der Waals surface area contributed by atoms with Gasteiger partial charge in [0.15, 0.2) is 0 Å². The van der Waals surface area contributed by atoms with Crippen LogP contribution in [0.15, 0.2) is 18.3 Å². The summed E-state index contributed by atoms with van der Waals surface area (Å²) in [5, 5.41) is 19.2. The SMILES string of the molecule is CCN(CC(C)(C)O)c1ccc(C(C)O)nc1. The highest BCUT2D eigenvalue weighted by molar-refractivity contribution is 5.45. The Balaban J connectivity index is 2.82. The predicted octanol–water partition coefficient (Wildman–Crippen LogP) is 1.73. The molecule has 2 N–H and O–H groups in total. The van der Waals surface area contributed by atoms with Crippen molar-refractivity contribution >= 4 is 5.69 Å². The molecule has 0 amide bonds. The largest absolute Gasteiger partial charge is 0.389 e. The maximum atomic E-state index is 9.82. The number of hydrogen-bond acceptors (Lipinski definition) is 4. The van der Waals surface area contributed by atoms with Crippen molar-refractivity contribution < 1.29 is 10.2 Å². The number of aliphatic hydroxyl groups excluding tert-OH is 1. The van der Waals surface area contributed by atoms with Crippen LogP contribution in [0.1, 0.15) is 39.5 Å². The van der Waals surface area contributed by atoms with Crippen LogP contribution < -0.4 is 4.90 Å². The Bertz CT molecular complexity index is 341. The van der Waals surface area contributed by atoms with Crippen LogP contribution in [0, 0.1) is 0 Å². The lowest BCUT2D eigenvalue weighted by Gasteiger charge is -2.29. The van der Waals surface area contributed by atoms with Gasteiger partial charge in [-0.25, -0.2) is 0 Å². The number of rotatable bonds is 5. The molecule has 1 rings (SSSR count). The summed E-state index contributed by atoms with van der Waals surface area (Å²) in [5.41, 5.74) is 0.881. The topological polar surface area (TPSA) is 56.6 Å². The Morgan fingerprint density at radius 3 is 2.41 bits per heavy atom. The van der Waals surface area contributed by atoms with E-state index in [9.17, 15) is 10.2 Å². The van der Waals surface area contributed by atoms with Gasteiger partial charge in [0.2, 0.25) is 0 Å². The van der Waals surface area contributed by atoms with Crippen LogP contribution in [-0.4, -0.2) is 33.9 Å². The van der Waals surface area contributed by atoms with Gasteiger partial charge in [-0.05, 0) is 39.8 Å². The van der Waals surface area contributed by atoms with Crippen molar-refractivity contribution in [1.29, 1.82) is 0 Å². The monoisotopic (exact) mass is 238 g/mol. The summed E-state index contributed by atoms with van der Waals surface area (Å²) in [7, 11) is 0. The molecular weight excluding hydrogens is 216 g/mol. The maximum Gasteiger partial charge on any atom is 0.0931 e. The van der Waals surface area contributed by atoms with Crippen LogP contribution in [0.25, 0.3) is 0 Å². The fourth-order valence-electron chi connectivity index (χ4n) is 1.68. The van der Waals surface area contributed by atoms with Gasteiger partial charge in [0, 0.05) is 13.1 Å². The Labute approximate surface area is 103 Å². The first-order chi connectivity index (χ1) is 7.83. The van der Waals surface area contributed by atoms with Crippen molar-refractivity contribution in [2.45, 2.75) is 39.4 Å². The molecule has 4 heteroatoms. The number of nitrogens with zero attached hydrogens (tertiary/aromatic N) is 2. The first-order valence-corrected chi connectivity index (χ1v) is 5.95. The molecule has 0 spiro atoms. The Morgan fingerprint density at radius 2 is 2.06 bits per heavy atom. The van der Waals surface area contributed by atoms with Gasteiger partial charge in [-0.1, -0.05) is 0 Å². The smallest absolute Gasteiger partial charge is 0.0931 e. The lowest BCUT2D eigenvalue weighted by atomic mass is 10.1. The molecule has 0 aliphatic rings. The molecule has 0 radical (unpaired) electrons. The van der Waals surface area contributed by atoms with E-state index in [1.165, 1.54) is 0 Å². The van der Waals surface area contributed by atoms with Crippen LogP contribution in [-0.2, 0) is 0 Å². The van der Waals surface area contributed by atoms with E-state index in [4.69, 9.17) is 0 Å². The van der Waals surface area contributed by atoms with Gasteiger partial charge in [-0.3, -0.25) is 4.98 Å². The zero-order chi connectivity index (χ0) is 13.1. The molecule has 1 atom stereocenters. The fourth-order valence-corrected chi connectivity index (χ4v) is 1.68. The van der Waals surface area contributed by atoms with E-state index >= 15 is 0 Å². The van der Waals surface area contributed by atoms with Crippen LogP contribution in [0.2, 0.25) is 0 Å². The summed E-state index contributed by atoms with van der Waals surface area (Å²) in [6.07, 6.45) is 1.19. The molecular formula is C13H22N2O2. The quantitative estimate of drug-likeness (QED) is 0.820. The second-order valence-corrected chi connectivity index (χ2v) is 4.94. The molecule has 4 nitrogen and oxygen atoms in total. The molecule has 1 aromatic rings. The first-order valence-electron chi connectivity index (χ1n) is 5.95. The predicted molar refractivity (Wildman–Crippen MR) is 69.1 cm³/mol. The summed E-state index contributed by atoms with van der Waals surface area (Å²) in [6, 6.07) is 3.73. The maximum absolute atomic E-state index is 9.82.